The Bertz CT molecular complexity index is 534. The number of hydrogen-bond donors (Lipinski definition) is 0. The Balaban J connectivity index is 2.65. The largest absolute Gasteiger partial charge is 0.417 e. The van der Waals surface area contributed by atoms with Crippen molar-refractivity contribution in [3.8, 4) is 11.3 Å². The predicted octanol–water partition coefficient (Wildman–Crippen LogP) is 3.71. The summed E-state index contributed by atoms with van der Waals surface area (Å²) in [4.78, 5) is 3.59. The van der Waals surface area contributed by atoms with E-state index in [4.69, 9.17) is 0 Å². The van der Waals surface area contributed by atoms with Crippen LogP contribution in [-0.2, 0) is 6.18 Å². The molecule has 0 amide bonds. The van der Waals surface area contributed by atoms with E-state index in [1.165, 1.54) is 18.2 Å². The molecule has 0 atom stereocenters. The molecule has 2 rings (SSSR count). The molecule has 0 aliphatic carbocycles. The molecule has 1 heterocycles. The average Bonchev–Trinajstić information content (AvgIpc) is 2.28. The van der Waals surface area contributed by atoms with Crippen molar-refractivity contribution in [1.82, 2.24) is 4.98 Å². The summed E-state index contributed by atoms with van der Waals surface area (Å²) in [6.07, 6.45) is -3.41. The molecule has 0 fully saturated rings. The second-order valence-corrected chi connectivity index (χ2v) is 3.31. The highest BCUT2D eigenvalue weighted by atomic mass is 19.4. The van der Waals surface area contributed by atoms with Gasteiger partial charge in [-0.25, -0.2) is 4.39 Å². The van der Waals surface area contributed by atoms with E-state index in [-0.39, 0.29) is 11.3 Å². The van der Waals surface area contributed by atoms with Gasteiger partial charge in [-0.1, -0.05) is 18.2 Å². The summed E-state index contributed by atoms with van der Waals surface area (Å²) in [5.41, 5.74) is -1.50. The lowest BCUT2D eigenvalue weighted by Gasteiger charge is -2.12. The van der Waals surface area contributed by atoms with Gasteiger partial charge in [-0.2, -0.15) is 13.2 Å². The summed E-state index contributed by atoms with van der Waals surface area (Å²) in [7, 11) is 0. The lowest BCUT2D eigenvalue weighted by Crippen LogP contribution is -2.07. The number of nitrogens with zero attached hydrogens (tertiary/aromatic N) is 1. The summed E-state index contributed by atoms with van der Waals surface area (Å²) in [6, 6.07) is 8.05. The smallest absolute Gasteiger partial charge is 0.253 e. The van der Waals surface area contributed by atoms with Crippen LogP contribution in [0.4, 0.5) is 17.6 Å². The first-order chi connectivity index (χ1) is 8.00. The van der Waals surface area contributed by atoms with Gasteiger partial charge < -0.3 is 0 Å². The van der Waals surface area contributed by atoms with E-state index in [2.05, 4.69) is 11.1 Å². The third kappa shape index (κ3) is 2.27. The van der Waals surface area contributed by atoms with Gasteiger partial charge in [0.25, 0.3) is 0 Å². The summed E-state index contributed by atoms with van der Waals surface area (Å²) >= 11 is 0. The number of aromatic nitrogens is 1. The molecule has 2 aromatic rings. The fraction of sp³-hybridized carbons (Fsp3) is 0.0833. The van der Waals surface area contributed by atoms with Crippen LogP contribution in [0, 0.1) is 11.9 Å². The molecule has 0 aliphatic rings. The molecular weight excluding hydrogens is 234 g/mol. The molecule has 17 heavy (non-hydrogen) atoms. The number of halogens is 4. The maximum Gasteiger partial charge on any atom is 0.417 e. The summed E-state index contributed by atoms with van der Waals surface area (Å²) in [6.45, 7) is 0. The third-order valence-corrected chi connectivity index (χ3v) is 2.19. The van der Waals surface area contributed by atoms with E-state index in [1.807, 2.05) is 0 Å². The normalized spacial score (nSPS) is 11.5. The Morgan fingerprint density at radius 3 is 2.47 bits per heavy atom. The zero-order chi connectivity index (χ0) is 12.5. The molecular formula is C12H6F4N. The Kier molecular flexibility index (Phi) is 2.83. The maximum absolute atomic E-state index is 13.4. The molecule has 0 saturated heterocycles. The van der Waals surface area contributed by atoms with Crippen LogP contribution in [0.2, 0.25) is 0 Å². The SMILES string of the molecule is Fc1c[c]cnc1-c1ccccc1C(F)(F)F. The highest BCUT2D eigenvalue weighted by Crippen LogP contribution is 2.36. The first kappa shape index (κ1) is 11.6. The molecule has 1 aromatic carbocycles. The Morgan fingerprint density at radius 1 is 1.12 bits per heavy atom. The fourth-order valence-corrected chi connectivity index (χ4v) is 1.48. The summed E-state index contributed by atoms with van der Waals surface area (Å²) < 4.78 is 51.5. The predicted molar refractivity (Wildman–Crippen MR) is 53.5 cm³/mol. The molecule has 87 valence electrons. The quantitative estimate of drug-likeness (QED) is 0.692. The standard InChI is InChI=1S/C12H6F4N/c13-10-6-3-7-17-11(10)8-4-1-2-5-9(8)12(14,15)16/h1-2,4-7H. The number of hydrogen-bond acceptors (Lipinski definition) is 1. The summed E-state index contributed by atoms with van der Waals surface area (Å²) in [5.74, 6) is -0.829. The van der Waals surface area contributed by atoms with Crippen LogP contribution in [0.1, 0.15) is 5.56 Å². The minimum atomic E-state index is -4.54. The maximum atomic E-state index is 13.4. The molecule has 0 N–H and O–H groups in total. The molecule has 0 bridgehead atoms. The van der Waals surface area contributed by atoms with Gasteiger partial charge in [0.15, 0.2) is 0 Å². The fourth-order valence-electron chi connectivity index (χ4n) is 1.48. The van der Waals surface area contributed by atoms with Crippen LogP contribution in [0.5, 0.6) is 0 Å². The van der Waals surface area contributed by atoms with Crippen LogP contribution in [0.3, 0.4) is 0 Å². The average molecular weight is 240 g/mol. The third-order valence-electron chi connectivity index (χ3n) is 2.19. The highest BCUT2D eigenvalue weighted by Gasteiger charge is 2.34. The van der Waals surface area contributed by atoms with Gasteiger partial charge in [-0.3, -0.25) is 4.98 Å². The molecule has 1 aromatic heterocycles. The Morgan fingerprint density at radius 2 is 1.82 bits per heavy atom. The zero-order valence-corrected chi connectivity index (χ0v) is 8.42. The second-order valence-electron chi connectivity index (χ2n) is 3.31. The van der Waals surface area contributed by atoms with E-state index in [0.29, 0.717) is 0 Å². The highest BCUT2D eigenvalue weighted by molar-refractivity contribution is 5.64. The van der Waals surface area contributed by atoms with Crippen molar-refractivity contribution in [1.29, 1.82) is 0 Å². The lowest BCUT2D eigenvalue weighted by atomic mass is 10.0. The van der Waals surface area contributed by atoms with Crippen LogP contribution < -0.4 is 0 Å². The molecule has 5 heteroatoms. The number of rotatable bonds is 1. The van der Waals surface area contributed by atoms with Crippen molar-refractivity contribution in [2.24, 2.45) is 0 Å². The molecule has 0 spiro atoms. The van der Waals surface area contributed by atoms with Crippen molar-refractivity contribution in [2.75, 3.05) is 0 Å². The monoisotopic (exact) mass is 240 g/mol. The van der Waals surface area contributed by atoms with E-state index in [9.17, 15) is 17.6 Å². The molecule has 1 radical (unpaired) electrons. The van der Waals surface area contributed by atoms with Crippen molar-refractivity contribution < 1.29 is 17.6 Å². The number of alkyl halides is 3. The van der Waals surface area contributed by atoms with E-state index in [0.717, 1.165) is 18.3 Å². The van der Waals surface area contributed by atoms with Crippen LogP contribution in [0.25, 0.3) is 11.3 Å². The van der Waals surface area contributed by atoms with Crippen molar-refractivity contribution in [2.45, 2.75) is 6.18 Å². The summed E-state index contributed by atoms with van der Waals surface area (Å²) in [5, 5.41) is 0. The van der Waals surface area contributed by atoms with Crippen LogP contribution in [0.15, 0.2) is 36.5 Å². The first-order valence-electron chi connectivity index (χ1n) is 4.68. The lowest BCUT2D eigenvalue weighted by molar-refractivity contribution is -0.137. The van der Waals surface area contributed by atoms with E-state index < -0.39 is 17.6 Å². The van der Waals surface area contributed by atoms with Gasteiger partial charge in [0, 0.05) is 17.8 Å². The van der Waals surface area contributed by atoms with Crippen LogP contribution in [-0.4, -0.2) is 4.98 Å². The van der Waals surface area contributed by atoms with Gasteiger partial charge in [0.05, 0.1) is 5.56 Å². The van der Waals surface area contributed by atoms with E-state index in [1.54, 1.807) is 0 Å². The minimum absolute atomic E-state index is 0.272. The van der Waals surface area contributed by atoms with Crippen LogP contribution >= 0.6 is 0 Å². The Hall–Kier alpha value is -1.91. The van der Waals surface area contributed by atoms with Crippen molar-refractivity contribution in [3.05, 3.63) is 54.0 Å². The topological polar surface area (TPSA) is 12.9 Å². The van der Waals surface area contributed by atoms with E-state index >= 15 is 0 Å². The molecule has 0 unspecified atom stereocenters. The van der Waals surface area contributed by atoms with Gasteiger partial charge in [-0.15, -0.1) is 0 Å². The number of pyridine rings is 1. The molecule has 0 saturated carbocycles. The molecule has 1 nitrogen and oxygen atoms in total. The van der Waals surface area contributed by atoms with Gasteiger partial charge in [0.2, 0.25) is 0 Å². The Labute approximate surface area is 94.7 Å². The van der Waals surface area contributed by atoms with Gasteiger partial charge in [0.1, 0.15) is 11.5 Å². The zero-order valence-electron chi connectivity index (χ0n) is 8.42. The van der Waals surface area contributed by atoms with Crippen molar-refractivity contribution >= 4 is 0 Å². The van der Waals surface area contributed by atoms with Gasteiger partial charge >= 0.3 is 6.18 Å². The van der Waals surface area contributed by atoms with Gasteiger partial charge in [-0.05, 0) is 12.1 Å². The van der Waals surface area contributed by atoms with Crippen molar-refractivity contribution in [3.63, 3.8) is 0 Å². The second kappa shape index (κ2) is 4.16. The number of benzene rings is 1. The first-order valence-corrected chi connectivity index (χ1v) is 4.68. The minimum Gasteiger partial charge on any atom is -0.253 e. The molecule has 0 aliphatic heterocycles.